The van der Waals surface area contributed by atoms with Crippen molar-refractivity contribution in [1.82, 2.24) is 15.1 Å². The number of hydrogen-bond donors (Lipinski definition) is 1. The molecule has 0 spiro atoms. The van der Waals surface area contributed by atoms with Gasteiger partial charge in [0.15, 0.2) is 0 Å². The zero-order chi connectivity index (χ0) is 14.9. The van der Waals surface area contributed by atoms with E-state index in [9.17, 15) is 0 Å². The molecular weight excluding hydrogens is 278 g/mol. The van der Waals surface area contributed by atoms with Crippen LogP contribution >= 0.6 is 11.8 Å². The van der Waals surface area contributed by atoms with E-state index in [0.717, 1.165) is 25.1 Å². The third kappa shape index (κ3) is 5.94. The molecule has 114 valence electrons. The highest BCUT2D eigenvalue weighted by molar-refractivity contribution is 7.99. The van der Waals surface area contributed by atoms with Gasteiger partial charge in [-0.15, -0.1) is 11.8 Å². The minimum Gasteiger partial charge on any atom is -0.313 e. The number of benzene rings is 1. The summed E-state index contributed by atoms with van der Waals surface area (Å²) in [6.45, 7) is 3.31. The van der Waals surface area contributed by atoms with Crippen LogP contribution in [0.1, 0.15) is 25.3 Å². The molecule has 2 aromatic rings. The summed E-state index contributed by atoms with van der Waals surface area (Å²) in [5, 5.41) is 7.91. The van der Waals surface area contributed by atoms with Gasteiger partial charge < -0.3 is 5.32 Å². The minimum atomic E-state index is 0.551. The lowest BCUT2D eigenvalue weighted by Gasteiger charge is -2.18. The topological polar surface area (TPSA) is 29.9 Å². The van der Waals surface area contributed by atoms with Crippen molar-refractivity contribution in [2.24, 2.45) is 7.05 Å². The Morgan fingerprint density at radius 1 is 1.29 bits per heavy atom. The van der Waals surface area contributed by atoms with Crippen LogP contribution in [-0.2, 0) is 13.5 Å². The third-order valence-corrected chi connectivity index (χ3v) is 4.59. The zero-order valence-electron chi connectivity index (χ0n) is 13.0. The average molecular weight is 303 g/mol. The van der Waals surface area contributed by atoms with Crippen molar-refractivity contribution in [2.45, 2.75) is 37.1 Å². The molecule has 1 unspecified atom stereocenters. The molecule has 3 nitrogen and oxygen atoms in total. The second-order valence-corrected chi connectivity index (χ2v) is 6.43. The SMILES string of the molecule is CCCNC(CCc1cnn(C)c1)CSc1ccccc1. The first-order valence-electron chi connectivity index (χ1n) is 7.66. The fraction of sp³-hybridized carbons (Fsp3) is 0.471. The highest BCUT2D eigenvalue weighted by Crippen LogP contribution is 2.19. The second kappa shape index (κ2) is 8.90. The van der Waals surface area contributed by atoms with Crippen LogP contribution in [0.15, 0.2) is 47.6 Å². The maximum absolute atomic E-state index is 4.24. The first-order chi connectivity index (χ1) is 10.3. The highest BCUT2D eigenvalue weighted by Gasteiger charge is 2.09. The van der Waals surface area contributed by atoms with Crippen LogP contribution in [0.5, 0.6) is 0 Å². The van der Waals surface area contributed by atoms with Crippen LogP contribution in [0, 0.1) is 0 Å². The van der Waals surface area contributed by atoms with E-state index in [-0.39, 0.29) is 0 Å². The number of aryl methyl sites for hydroxylation is 2. The molecule has 0 amide bonds. The number of thioether (sulfide) groups is 1. The van der Waals surface area contributed by atoms with Crippen molar-refractivity contribution in [3.63, 3.8) is 0 Å². The molecule has 1 aromatic heterocycles. The van der Waals surface area contributed by atoms with Gasteiger partial charge in [-0.1, -0.05) is 25.1 Å². The molecule has 0 fully saturated rings. The quantitative estimate of drug-likeness (QED) is 0.719. The Labute approximate surface area is 132 Å². The summed E-state index contributed by atoms with van der Waals surface area (Å²) >= 11 is 1.94. The molecule has 0 saturated heterocycles. The van der Waals surface area contributed by atoms with Gasteiger partial charge in [0.25, 0.3) is 0 Å². The fourth-order valence-electron chi connectivity index (χ4n) is 2.25. The van der Waals surface area contributed by atoms with E-state index in [1.807, 2.05) is 29.7 Å². The molecular formula is C17H25N3S. The predicted molar refractivity (Wildman–Crippen MR) is 90.8 cm³/mol. The molecule has 0 saturated carbocycles. The van der Waals surface area contributed by atoms with E-state index in [2.05, 4.69) is 53.9 Å². The summed E-state index contributed by atoms with van der Waals surface area (Å²) in [6.07, 6.45) is 7.51. The van der Waals surface area contributed by atoms with E-state index in [0.29, 0.717) is 6.04 Å². The Morgan fingerprint density at radius 2 is 2.10 bits per heavy atom. The molecule has 0 aliphatic rings. The summed E-state index contributed by atoms with van der Waals surface area (Å²) in [4.78, 5) is 1.35. The lowest BCUT2D eigenvalue weighted by atomic mass is 10.1. The smallest absolute Gasteiger partial charge is 0.0521 e. The molecule has 2 rings (SSSR count). The van der Waals surface area contributed by atoms with Gasteiger partial charge >= 0.3 is 0 Å². The van der Waals surface area contributed by atoms with Gasteiger partial charge in [0.1, 0.15) is 0 Å². The molecule has 0 bridgehead atoms. The molecule has 4 heteroatoms. The van der Waals surface area contributed by atoms with Crippen LogP contribution in [-0.4, -0.2) is 28.1 Å². The van der Waals surface area contributed by atoms with Crippen molar-refractivity contribution in [3.05, 3.63) is 48.3 Å². The van der Waals surface area contributed by atoms with Crippen molar-refractivity contribution in [2.75, 3.05) is 12.3 Å². The standard InChI is InChI=1S/C17H25N3S/c1-3-11-18-16(10-9-15-12-19-20(2)13-15)14-21-17-7-5-4-6-8-17/h4-8,12-13,16,18H,3,9-11,14H2,1-2H3. The highest BCUT2D eigenvalue weighted by atomic mass is 32.2. The molecule has 0 radical (unpaired) electrons. The molecule has 21 heavy (non-hydrogen) atoms. The molecule has 0 aliphatic heterocycles. The molecule has 1 aromatic carbocycles. The van der Waals surface area contributed by atoms with Gasteiger partial charge in [0, 0.05) is 29.9 Å². The minimum absolute atomic E-state index is 0.551. The van der Waals surface area contributed by atoms with Crippen LogP contribution in [0.2, 0.25) is 0 Å². The number of hydrogen-bond acceptors (Lipinski definition) is 3. The molecule has 1 heterocycles. The van der Waals surface area contributed by atoms with Crippen molar-refractivity contribution in [1.29, 1.82) is 0 Å². The number of aromatic nitrogens is 2. The molecule has 1 N–H and O–H groups in total. The number of rotatable bonds is 9. The second-order valence-electron chi connectivity index (χ2n) is 5.34. The van der Waals surface area contributed by atoms with Crippen LogP contribution < -0.4 is 5.32 Å². The Balaban J connectivity index is 1.82. The average Bonchev–Trinajstić information content (AvgIpc) is 2.93. The van der Waals surface area contributed by atoms with Crippen molar-refractivity contribution in [3.8, 4) is 0 Å². The Kier molecular flexibility index (Phi) is 6.83. The summed E-state index contributed by atoms with van der Waals surface area (Å²) in [7, 11) is 1.97. The molecule has 0 aliphatic carbocycles. The summed E-state index contributed by atoms with van der Waals surface area (Å²) in [6, 6.07) is 11.2. The van der Waals surface area contributed by atoms with Crippen LogP contribution in [0.25, 0.3) is 0 Å². The van der Waals surface area contributed by atoms with E-state index in [1.165, 1.54) is 16.9 Å². The van der Waals surface area contributed by atoms with Gasteiger partial charge in [-0.05, 0) is 43.5 Å². The monoisotopic (exact) mass is 303 g/mol. The first kappa shape index (κ1) is 16.1. The Bertz CT molecular complexity index is 510. The Morgan fingerprint density at radius 3 is 2.76 bits per heavy atom. The van der Waals surface area contributed by atoms with E-state index in [4.69, 9.17) is 0 Å². The third-order valence-electron chi connectivity index (χ3n) is 3.42. The number of nitrogens with zero attached hydrogens (tertiary/aromatic N) is 2. The fourth-order valence-corrected chi connectivity index (χ4v) is 3.28. The van der Waals surface area contributed by atoms with Gasteiger partial charge in [0.05, 0.1) is 6.20 Å². The predicted octanol–water partition coefficient (Wildman–Crippen LogP) is 3.51. The Hall–Kier alpha value is -1.26. The summed E-state index contributed by atoms with van der Waals surface area (Å²) in [5.41, 5.74) is 1.32. The largest absolute Gasteiger partial charge is 0.313 e. The van der Waals surface area contributed by atoms with E-state index >= 15 is 0 Å². The van der Waals surface area contributed by atoms with Crippen LogP contribution in [0.4, 0.5) is 0 Å². The van der Waals surface area contributed by atoms with Gasteiger partial charge in [-0.3, -0.25) is 4.68 Å². The van der Waals surface area contributed by atoms with Gasteiger partial charge in [0.2, 0.25) is 0 Å². The van der Waals surface area contributed by atoms with Crippen molar-refractivity contribution < 1.29 is 0 Å². The normalized spacial score (nSPS) is 12.5. The van der Waals surface area contributed by atoms with Gasteiger partial charge in [-0.2, -0.15) is 5.10 Å². The maximum Gasteiger partial charge on any atom is 0.0521 e. The zero-order valence-corrected chi connectivity index (χ0v) is 13.8. The van der Waals surface area contributed by atoms with E-state index < -0.39 is 0 Å². The van der Waals surface area contributed by atoms with Crippen LogP contribution in [0.3, 0.4) is 0 Å². The first-order valence-corrected chi connectivity index (χ1v) is 8.65. The van der Waals surface area contributed by atoms with Crippen molar-refractivity contribution >= 4 is 11.8 Å². The summed E-state index contributed by atoms with van der Waals surface area (Å²) in [5.74, 6) is 1.12. The number of nitrogens with one attached hydrogen (secondary N) is 1. The van der Waals surface area contributed by atoms with E-state index in [1.54, 1.807) is 0 Å². The summed E-state index contributed by atoms with van der Waals surface area (Å²) < 4.78 is 1.88. The lowest BCUT2D eigenvalue weighted by Crippen LogP contribution is -2.32. The lowest BCUT2D eigenvalue weighted by molar-refractivity contribution is 0.520. The van der Waals surface area contributed by atoms with Gasteiger partial charge in [-0.25, -0.2) is 0 Å². The maximum atomic E-state index is 4.24. The molecule has 1 atom stereocenters.